The van der Waals surface area contributed by atoms with Crippen molar-refractivity contribution in [3.05, 3.63) is 82.7 Å². The highest BCUT2D eigenvalue weighted by molar-refractivity contribution is 6.03. The first-order chi connectivity index (χ1) is 16.5. The van der Waals surface area contributed by atoms with Gasteiger partial charge in [-0.05, 0) is 48.9 Å². The molecule has 168 valence electrons. The van der Waals surface area contributed by atoms with Gasteiger partial charge in [0.05, 0.1) is 42.1 Å². The van der Waals surface area contributed by atoms with Crippen molar-refractivity contribution in [3.8, 4) is 17.0 Å². The molecule has 0 N–H and O–H groups in total. The molecule has 0 aliphatic rings. The molecule has 4 aromatic heterocycles. The average molecular weight is 451 g/mol. The van der Waals surface area contributed by atoms with Crippen molar-refractivity contribution in [3.63, 3.8) is 0 Å². The summed E-state index contributed by atoms with van der Waals surface area (Å²) in [5.41, 5.74) is 5.76. The number of nitrogens with zero attached hydrogens (tertiary/aromatic N) is 7. The lowest BCUT2D eigenvalue weighted by Crippen LogP contribution is -2.22. The number of rotatable bonds is 4. The minimum Gasteiger partial charge on any atom is -0.497 e. The smallest absolute Gasteiger partial charge is 0.329 e. The van der Waals surface area contributed by atoms with Gasteiger partial charge in [0.15, 0.2) is 11.5 Å². The Hall–Kier alpha value is -4.53. The van der Waals surface area contributed by atoms with E-state index in [1.165, 1.54) is 0 Å². The molecule has 9 nitrogen and oxygen atoms in total. The van der Waals surface area contributed by atoms with Crippen LogP contribution in [0.3, 0.4) is 0 Å². The third kappa shape index (κ3) is 3.05. The summed E-state index contributed by atoms with van der Waals surface area (Å²) in [7, 11) is 3.43. The summed E-state index contributed by atoms with van der Waals surface area (Å²) in [4.78, 5) is 17.9. The predicted molar refractivity (Wildman–Crippen MR) is 129 cm³/mol. The number of hydrogen-bond acceptors (Lipinski definition) is 6. The third-order valence-electron chi connectivity index (χ3n) is 6.18. The number of aryl methyl sites for hydroxylation is 2. The molecule has 0 atom stereocenters. The number of benzene rings is 2. The van der Waals surface area contributed by atoms with Crippen LogP contribution in [0.25, 0.3) is 38.8 Å². The van der Waals surface area contributed by atoms with Crippen molar-refractivity contribution < 1.29 is 4.74 Å². The summed E-state index contributed by atoms with van der Waals surface area (Å²) >= 11 is 0. The van der Waals surface area contributed by atoms with Gasteiger partial charge in [-0.1, -0.05) is 18.2 Å². The molecule has 0 unspecified atom stereocenters. The zero-order valence-corrected chi connectivity index (χ0v) is 18.9. The topological polar surface area (TPSA) is 92.1 Å². The van der Waals surface area contributed by atoms with E-state index in [2.05, 4.69) is 15.2 Å². The van der Waals surface area contributed by atoms with Crippen molar-refractivity contribution in [2.75, 3.05) is 7.11 Å². The fraction of sp³-hybridized carbons (Fsp3) is 0.160. The maximum atomic E-state index is 13.2. The summed E-state index contributed by atoms with van der Waals surface area (Å²) in [6.07, 6.45) is 1.77. The van der Waals surface area contributed by atoms with Crippen LogP contribution in [0.15, 0.2) is 65.6 Å². The van der Waals surface area contributed by atoms with Crippen LogP contribution in [0.4, 0.5) is 0 Å². The lowest BCUT2D eigenvalue weighted by atomic mass is 10.1. The molecule has 0 radical (unpaired) electrons. The van der Waals surface area contributed by atoms with E-state index in [0.717, 1.165) is 50.3 Å². The van der Waals surface area contributed by atoms with Crippen LogP contribution in [0, 0.1) is 6.92 Å². The number of pyridine rings is 1. The van der Waals surface area contributed by atoms with Crippen molar-refractivity contribution in [1.82, 2.24) is 33.9 Å². The maximum absolute atomic E-state index is 13.2. The van der Waals surface area contributed by atoms with E-state index in [1.54, 1.807) is 34.0 Å². The van der Waals surface area contributed by atoms with Gasteiger partial charge >= 0.3 is 5.69 Å². The van der Waals surface area contributed by atoms with Gasteiger partial charge in [-0.3, -0.25) is 14.1 Å². The van der Waals surface area contributed by atoms with E-state index in [0.29, 0.717) is 12.2 Å². The Morgan fingerprint density at radius 3 is 2.62 bits per heavy atom. The summed E-state index contributed by atoms with van der Waals surface area (Å²) in [5, 5.41) is 13.8. The molecule has 0 aliphatic heterocycles. The molecule has 0 fully saturated rings. The van der Waals surface area contributed by atoms with Gasteiger partial charge in [0.25, 0.3) is 0 Å². The molecule has 6 rings (SSSR count). The zero-order valence-electron chi connectivity index (χ0n) is 18.9. The van der Waals surface area contributed by atoms with Crippen LogP contribution in [0.5, 0.6) is 5.75 Å². The van der Waals surface area contributed by atoms with Crippen LogP contribution >= 0.6 is 0 Å². The van der Waals surface area contributed by atoms with Crippen molar-refractivity contribution in [1.29, 1.82) is 0 Å². The Morgan fingerprint density at radius 1 is 1.00 bits per heavy atom. The van der Waals surface area contributed by atoms with Gasteiger partial charge in [-0.15, -0.1) is 10.2 Å². The van der Waals surface area contributed by atoms with Crippen molar-refractivity contribution in [2.45, 2.75) is 13.5 Å². The maximum Gasteiger partial charge on any atom is 0.329 e. The molecule has 0 saturated heterocycles. The van der Waals surface area contributed by atoms with Crippen LogP contribution < -0.4 is 10.4 Å². The first-order valence-corrected chi connectivity index (χ1v) is 10.8. The summed E-state index contributed by atoms with van der Waals surface area (Å²) in [6.45, 7) is 2.31. The van der Waals surface area contributed by atoms with Gasteiger partial charge in [0, 0.05) is 18.0 Å². The van der Waals surface area contributed by atoms with Crippen LogP contribution in [0.2, 0.25) is 0 Å². The molecule has 9 heteroatoms. The number of ether oxygens (including phenoxy) is 1. The first kappa shape index (κ1) is 20.1. The Labute approximate surface area is 193 Å². The molecule has 0 spiro atoms. The molecule has 6 aromatic rings. The average Bonchev–Trinajstić information content (AvgIpc) is 3.36. The number of methoxy groups -OCH3 is 1. The standard InChI is InChI=1S/C25H21N7O2/c1-15-27-28-23-11-10-20(29-32(15)23)17-6-9-21-19(12-17)24-22(13-26-21)31(25(33)30(24)2)14-16-4-7-18(34-3)8-5-16/h4-13H,14H2,1-3H3. The molecular formula is C25H21N7O2. The van der Waals surface area contributed by atoms with Crippen LogP contribution in [-0.2, 0) is 13.6 Å². The molecule has 4 heterocycles. The number of aromatic nitrogens is 7. The van der Waals surface area contributed by atoms with Gasteiger partial charge in [0.2, 0.25) is 0 Å². The Kier molecular flexibility index (Phi) is 4.44. The highest BCUT2D eigenvalue weighted by Gasteiger charge is 2.16. The van der Waals surface area contributed by atoms with Crippen molar-refractivity contribution in [2.24, 2.45) is 7.05 Å². The first-order valence-electron chi connectivity index (χ1n) is 10.8. The van der Waals surface area contributed by atoms with Gasteiger partial charge in [0.1, 0.15) is 5.75 Å². The summed E-state index contributed by atoms with van der Waals surface area (Å²) < 4.78 is 10.4. The third-order valence-corrected chi connectivity index (χ3v) is 6.18. The zero-order chi connectivity index (χ0) is 23.4. The number of fused-ring (bicyclic) bond motifs is 4. The number of imidazole rings is 1. The van der Waals surface area contributed by atoms with Crippen molar-refractivity contribution >= 4 is 27.6 Å². The highest BCUT2D eigenvalue weighted by Crippen LogP contribution is 2.28. The second-order valence-electron chi connectivity index (χ2n) is 8.24. The fourth-order valence-electron chi connectivity index (χ4n) is 4.37. The monoisotopic (exact) mass is 451 g/mol. The van der Waals surface area contributed by atoms with Crippen LogP contribution in [0.1, 0.15) is 11.4 Å². The number of hydrogen-bond donors (Lipinski definition) is 0. The Morgan fingerprint density at radius 2 is 1.82 bits per heavy atom. The van der Waals surface area contributed by atoms with E-state index < -0.39 is 0 Å². The SMILES string of the molecule is COc1ccc(Cn2c(=O)n(C)c3c4cc(-c5ccc6nnc(C)n6n5)ccc4ncc32)cc1. The second kappa shape index (κ2) is 7.51. The largest absolute Gasteiger partial charge is 0.497 e. The van der Waals surface area contributed by atoms with E-state index in [9.17, 15) is 4.79 Å². The van der Waals surface area contributed by atoms with E-state index in [-0.39, 0.29) is 5.69 Å². The van der Waals surface area contributed by atoms with Gasteiger partial charge in [-0.2, -0.15) is 9.61 Å². The lowest BCUT2D eigenvalue weighted by Gasteiger charge is -2.07. The minimum absolute atomic E-state index is 0.0924. The Balaban J connectivity index is 1.51. The Bertz CT molecular complexity index is 1760. The second-order valence-corrected chi connectivity index (χ2v) is 8.24. The normalized spacial score (nSPS) is 11.6. The van der Waals surface area contributed by atoms with Crippen LogP contribution in [-0.4, -0.2) is 41.0 Å². The quantitative estimate of drug-likeness (QED) is 0.408. The van der Waals surface area contributed by atoms with E-state index in [1.807, 2.05) is 61.5 Å². The molecule has 34 heavy (non-hydrogen) atoms. The predicted octanol–water partition coefficient (Wildman–Crippen LogP) is 3.36. The van der Waals surface area contributed by atoms with Gasteiger partial charge in [-0.25, -0.2) is 4.79 Å². The molecule has 0 saturated carbocycles. The highest BCUT2D eigenvalue weighted by atomic mass is 16.5. The minimum atomic E-state index is -0.0924. The summed E-state index contributed by atoms with van der Waals surface area (Å²) in [6, 6.07) is 17.5. The van der Waals surface area contributed by atoms with Gasteiger partial charge < -0.3 is 4.74 Å². The molecule has 0 amide bonds. The molecular weight excluding hydrogens is 430 g/mol. The summed E-state index contributed by atoms with van der Waals surface area (Å²) in [5.74, 6) is 1.50. The molecule has 2 aromatic carbocycles. The lowest BCUT2D eigenvalue weighted by molar-refractivity contribution is 0.414. The fourth-order valence-corrected chi connectivity index (χ4v) is 4.37. The molecule has 0 bridgehead atoms. The molecule has 0 aliphatic carbocycles. The van der Waals surface area contributed by atoms with E-state index >= 15 is 0 Å². The van der Waals surface area contributed by atoms with E-state index in [4.69, 9.17) is 9.84 Å².